The summed E-state index contributed by atoms with van der Waals surface area (Å²) in [6.07, 6.45) is -1.24. The highest BCUT2D eigenvalue weighted by Crippen LogP contribution is 2.42. The lowest BCUT2D eigenvalue weighted by atomic mass is 9.82. The van der Waals surface area contributed by atoms with E-state index in [-0.39, 0.29) is 34.9 Å². The normalized spacial score (nSPS) is 13.7. The summed E-state index contributed by atoms with van der Waals surface area (Å²) in [6, 6.07) is 2.83. The average molecular weight is 333 g/mol. The molecule has 8 heteroatoms. The predicted octanol–water partition coefficient (Wildman–Crippen LogP) is 1.88. The lowest BCUT2D eigenvalue weighted by molar-refractivity contribution is -0.127. The summed E-state index contributed by atoms with van der Waals surface area (Å²) in [5.41, 5.74) is 15.6. The number of nitrogen functional groups attached to an aromatic ring is 1. The Hall–Kier alpha value is -2.74. The number of ketones is 1. The van der Waals surface area contributed by atoms with Crippen LogP contribution in [0.1, 0.15) is 32.8 Å². The number of amides is 1. The maximum atomic E-state index is 12.4. The fraction of sp³-hybridized carbons (Fsp3) is 0.375. The summed E-state index contributed by atoms with van der Waals surface area (Å²) in [4.78, 5) is 31.4. The second-order valence-electron chi connectivity index (χ2n) is 6.42. The molecule has 0 aromatic heterocycles. The quantitative estimate of drug-likeness (QED) is 0.537. The highest BCUT2D eigenvalue weighted by molar-refractivity contribution is 5.86. The first kappa shape index (κ1) is 19.3. The van der Waals surface area contributed by atoms with Crippen molar-refractivity contribution in [2.75, 3.05) is 5.73 Å². The molecular weight excluding hydrogens is 310 g/mol. The van der Waals surface area contributed by atoms with E-state index in [0.717, 1.165) is 0 Å². The summed E-state index contributed by atoms with van der Waals surface area (Å²) in [5.74, 6) is -0.198. The van der Waals surface area contributed by atoms with Gasteiger partial charge in [0, 0.05) is 23.6 Å². The van der Waals surface area contributed by atoms with Gasteiger partial charge < -0.3 is 21.9 Å². The Morgan fingerprint density at radius 3 is 2.25 bits per heavy atom. The monoisotopic (exact) mass is 333 g/mol. The van der Waals surface area contributed by atoms with Gasteiger partial charge in [-0.3, -0.25) is 14.8 Å². The van der Waals surface area contributed by atoms with E-state index in [0.29, 0.717) is 0 Å². The van der Waals surface area contributed by atoms with Crippen LogP contribution in [0.15, 0.2) is 22.1 Å². The van der Waals surface area contributed by atoms with Gasteiger partial charge in [-0.15, -0.1) is 0 Å². The molecule has 0 aliphatic rings. The number of hydrogen-bond donors (Lipinski definition) is 3. The second-order valence-corrected chi connectivity index (χ2v) is 6.42. The summed E-state index contributed by atoms with van der Waals surface area (Å²) in [7, 11) is 0. The molecule has 0 aliphatic carbocycles. The molecule has 0 radical (unpaired) electrons. The fourth-order valence-electron chi connectivity index (χ4n) is 2.10. The van der Waals surface area contributed by atoms with Crippen LogP contribution in [0.2, 0.25) is 0 Å². The SMILES string of the molecule is C=Nc1cc(N)cc(OC(N)=O)c1C(N)(CC(=O)C(C)(C)C)N=C. The molecule has 1 atom stereocenters. The van der Waals surface area contributed by atoms with Crippen LogP contribution in [0.3, 0.4) is 0 Å². The van der Waals surface area contributed by atoms with E-state index < -0.39 is 17.2 Å². The Labute approximate surface area is 140 Å². The van der Waals surface area contributed by atoms with Crippen molar-refractivity contribution in [2.24, 2.45) is 26.9 Å². The van der Waals surface area contributed by atoms with Gasteiger partial charge in [0.2, 0.25) is 0 Å². The summed E-state index contributed by atoms with van der Waals surface area (Å²) in [5, 5.41) is 0. The molecule has 0 saturated heterocycles. The van der Waals surface area contributed by atoms with Gasteiger partial charge in [-0.05, 0) is 19.5 Å². The van der Waals surface area contributed by atoms with Crippen molar-refractivity contribution < 1.29 is 14.3 Å². The predicted molar refractivity (Wildman–Crippen MR) is 94.8 cm³/mol. The zero-order valence-corrected chi connectivity index (χ0v) is 14.1. The smallest absolute Gasteiger partial charge is 0.409 e. The van der Waals surface area contributed by atoms with Crippen LogP contribution < -0.4 is 21.9 Å². The van der Waals surface area contributed by atoms with E-state index in [1.165, 1.54) is 12.1 Å². The average Bonchev–Trinajstić information content (AvgIpc) is 2.44. The molecule has 0 bridgehead atoms. The number of nitrogens with two attached hydrogens (primary N) is 3. The molecule has 1 amide bonds. The minimum absolute atomic E-state index is 0.0403. The van der Waals surface area contributed by atoms with Crippen LogP contribution in [-0.4, -0.2) is 25.3 Å². The van der Waals surface area contributed by atoms with Crippen molar-refractivity contribution in [1.82, 2.24) is 0 Å². The molecular formula is C16H23N5O3. The number of carbonyl (C=O) groups is 2. The number of benzene rings is 1. The van der Waals surface area contributed by atoms with E-state index in [2.05, 4.69) is 23.4 Å². The number of ether oxygens (including phenoxy) is 1. The largest absolute Gasteiger partial charge is 0.410 e. The zero-order chi connectivity index (χ0) is 18.7. The van der Waals surface area contributed by atoms with Crippen LogP contribution >= 0.6 is 0 Å². The first-order valence-electron chi connectivity index (χ1n) is 7.12. The van der Waals surface area contributed by atoms with Gasteiger partial charge >= 0.3 is 6.09 Å². The van der Waals surface area contributed by atoms with Crippen molar-refractivity contribution in [3.05, 3.63) is 17.7 Å². The van der Waals surface area contributed by atoms with Gasteiger partial charge in [-0.2, -0.15) is 0 Å². The Bertz CT molecular complexity index is 694. The highest BCUT2D eigenvalue weighted by Gasteiger charge is 2.38. The number of rotatable bonds is 6. The standard InChI is InChI=1S/C16H23N5O3/c1-15(2,3)12(22)8-16(19,21-5)13-10(20-4)6-9(17)7-11(13)24-14(18)23/h6-7H,4-5,8,17,19H2,1-3H3,(H2,18,23). The molecule has 0 fully saturated rings. The van der Waals surface area contributed by atoms with Gasteiger partial charge in [0.15, 0.2) is 0 Å². The van der Waals surface area contributed by atoms with Gasteiger partial charge in [0.05, 0.1) is 11.3 Å². The Kier molecular flexibility index (Phi) is 5.47. The summed E-state index contributed by atoms with van der Waals surface area (Å²) in [6.45, 7) is 12.2. The van der Waals surface area contributed by atoms with Gasteiger partial charge in [-0.1, -0.05) is 20.8 Å². The number of carbonyl (C=O) groups excluding carboxylic acids is 2. The van der Waals surface area contributed by atoms with E-state index in [1.54, 1.807) is 20.8 Å². The van der Waals surface area contributed by atoms with E-state index in [1.807, 2.05) is 0 Å². The Morgan fingerprint density at radius 1 is 1.25 bits per heavy atom. The number of hydrogen-bond acceptors (Lipinski definition) is 7. The maximum absolute atomic E-state index is 12.4. The maximum Gasteiger partial charge on any atom is 0.409 e. The molecule has 0 heterocycles. The van der Waals surface area contributed by atoms with Crippen molar-refractivity contribution >= 4 is 36.7 Å². The highest BCUT2D eigenvalue weighted by atomic mass is 16.5. The zero-order valence-electron chi connectivity index (χ0n) is 14.1. The number of anilines is 1. The molecule has 24 heavy (non-hydrogen) atoms. The lowest BCUT2D eigenvalue weighted by Gasteiger charge is -2.30. The number of Topliss-reactive ketones (excluding diaryl/α,β-unsaturated/α-hetero) is 1. The molecule has 1 aromatic carbocycles. The lowest BCUT2D eigenvalue weighted by Crippen LogP contribution is -2.40. The van der Waals surface area contributed by atoms with E-state index in [9.17, 15) is 9.59 Å². The molecule has 130 valence electrons. The van der Waals surface area contributed by atoms with Crippen LogP contribution in [-0.2, 0) is 10.5 Å². The molecule has 0 aliphatic heterocycles. The van der Waals surface area contributed by atoms with Gasteiger partial charge in [-0.25, -0.2) is 4.79 Å². The third kappa shape index (κ3) is 4.17. The first-order valence-corrected chi connectivity index (χ1v) is 7.12. The fourth-order valence-corrected chi connectivity index (χ4v) is 2.10. The molecule has 0 spiro atoms. The Balaban J connectivity index is 3.58. The van der Waals surface area contributed by atoms with Crippen LogP contribution in [0.25, 0.3) is 0 Å². The van der Waals surface area contributed by atoms with Crippen LogP contribution in [0.4, 0.5) is 16.2 Å². The van der Waals surface area contributed by atoms with Gasteiger partial charge in [0.1, 0.15) is 17.2 Å². The topological polar surface area (TPSA) is 146 Å². The molecule has 6 N–H and O–H groups in total. The summed E-state index contributed by atoms with van der Waals surface area (Å²) >= 11 is 0. The van der Waals surface area contributed by atoms with Crippen LogP contribution in [0, 0.1) is 5.41 Å². The Morgan fingerprint density at radius 2 is 1.83 bits per heavy atom. The van der Waals surface area contributed by atoms with Gasteiger partial charge in [0.25, 0.3) is 0 Å². The van der Waals surface area contributed by atoms with Crippen molar-refractivity contribution in [3.8, 4) is 5.75 Å². The van der Waals surface area contributed by atoms with Crippen LogP contribution in [0.5, 0.6) is 5.75 Å². The minimum Gasteiger partial charge on any atom is -0.410 e. The molecule has 0 saturated carbocycles. The molecule has 1 unspecified atom stereocenters. The number of nitrogens with zero attached hydrogens (tertiary/aromatic N) is 2. The minimum atomic E-state index is -1.58. The third-order valence-electron chi connectivity index (χ3n) is 3.47. The molecule has 1 aromatic rings. The van der Waals surface area contributed by atoms with E-state index >= 15 is 0 Å². The van der Waals surface area contributed by atoms with Crippen molar-refractivity contribution in [1.29, 1.82) is 0 Å². The molecule has 8 nitrogen and oxygen atoms in total. The van der Waals surface area contributed by atoms with Crippen molar-refractivity contribution in [2.45, 2.75) is 32.9 Å². The van der Waals surface area contributed by atoms with Crippen molar-refractivity contribution in [3.63, 3.8) is 0 Å². The third-order valence-corrected chi connectivity index (χ3v) is 3.47. The number of primary amides is 1. The van der Waals surface area contributed by atoms with E-state index in [4.69, 9.17) is 21.9 Å². The second kappa shape index (κ2) is 6.79. The molecule has 1 rings (SSSR count). The summed E-state index contributed by atoms with van der Waals surface area (Å²) < 4.78 is 4.98. The first-order chi connectivity index (χ1) is 10.9. The number of aliphatic imine (C=N–C) groups is 2.